The molecule has 2 aromatic rings. The number of thiazole rings is 1. The normalized spacial score (nSPS) is 12.4. The third kappa shape index (κ3) is 2.70. The number of hydrogen-bond donors (Lipinski definition) is 2. The van der Waals surface area contributed by atoms with Crippen molar-refractivity contribution in [3.8, 4) is 0 Å². The van der Waals surface area contributed by atoms with E-state index in [0.717, 1.165) is 11.4 Å². The molecule has 0 saturated heterocycles. The molecule has 0 amide bonds. The Bertz CT molecular complexity index is 595. The number of anilines is 1. The Morgan fingerprint density at radius 2 is 2.33 bits per heavy atom. The third-order valence-corrected chi connectivity index (χ3v) is 4.16. The van der Waals surface area contributed by atoms with E-state index in [1.165, 1.54) is 11.1 Å². The monoisotopic (exact) mass is 284 g/mol. The van der Waals surface area contributed by atoms with Crippen molar-refractivity contribution in [1.82, 2.24) is 15.2 Å². The molecule has 2 N–H and O–H groups in total. The topological polar surface area (TPSA) is 70.7 Å². The molecule has 0 aliphatic carbocycles. The molecule has 2 aromatic heterocycles. The summed E-state index contributed by atoms with van der Waals surface area (Å²) >= 11 is 7.54. The quantitative estimate of drug-likeness (QED) is 0.905. The molecule has 2 heterocycles. The molecule has 0 spiro atoms. The van der Waals surface area contributed by atoms with E-state index in [-0.39, 0.29) is 11.1 Å². The summed E-state index contributed by atoms with van der Waals surface area (Å²) in [5, 5.41) is 10.2. The molecular formula is C11H13ClN4OS. The molecule has 5 nitrogen and oxygen atoms in total. The Morgan fingerprint density at radius 1 is 1.56 bits per heavy atom. The number of rotatable bonds is 4. The summed E-state index contributed by atoms with van der Waals surface area (Å²) in [7, 11) is 0. The first-order chi connectivity index (χ1) is 8.61. The van der Waals surface area contributed by atoms with Gasteiger partial charge in [-0.15, -0.1) is 11.3 Å². The van der Waals surface area contributed by atoms with E-state index in [4.69, 9.17) is 11.6 Å². The average molecular weight is 285 g/mol. The van der Waals surface area contributed by atoms with Crippen LogP contribution >= 0.6 is 22.9 Å². The highest BCUT2D eigenvalue weighted by Crippen LogP contribution is 2.25. The summed E-state index contributed by atoms with van der Waals surface area (Å²) in [5.74, 6) is 0. The first kappa shape index (κ1) is 13.0. The van der Waals surface area contributed by atoms with Gasteiger partial charge in [-0.05, 0) is 13.3 Å². The maximum absolute atomic E-state index is 11.3. The van der Waals surface area contributed by atoms with Crippen molar-refractivity contribution in [2.75, 3.05) is 5.32 Å². The van der Waals surface area contributed by atoms with Crippen molar-refractivity contribution in [3.63, 3.8) is 0 Å². The summed E-state index contributed by atoms with van der Waals surface area (Å²) in [6.07, 6.45) is 4.34. The summed E-state index contributed by atoms with van der Waals surface area (Å²) in [4.78, 5) is 16.9. The molecule has 0 bridgehead atoms. The van der Waals surface area contributed by atoms with Gasteiger partial charge in [-0.3, -0.25) is 4.79 Å². The second-order valence-corrected chi connectivity index (χ2v) is 5.34. The van der Waals surface area contributed by atoms with E-state index in [0.29, 0.717) is 5.69 Å². The summed E-state index contributed by atoms with van der Waals surface area (Å²) in [6, 6.07) is -0.0172. The Hall–Kier alpha value is -1.40. The number of halogens is 1. The molecule has 0 radical (unpaired) electrons. The largest absolute Gasteiger partial charge is 0.373 e. The van der Waals surface area contributed by atoms with E-state index in [1.807, 2.05) is 13.1 Å². The number of aryl methyl sites for hydroxylation is 1. The third-order valence-electron chi connectivity index (χ3n) is 2.46. The standard InChI is InChI=1S/C11H13ClN4OS/c1-3-7-4-13-11(18-7)6(2)15-8-5-14-16-10(17)9(8)12/h4-6H,3H2,1-2H3,(H2,15,16,17). The van der Waals surface area contributed by atoms with E-state index < -0.39 is 5.56 Å². The second-order valence-electron chi connectivity index (χ2n) is 3.81. The molecule has 18 heavy (non-hydrogen) atoms. The van der Waals surface area contributed by atoms with Crippen LogP contribution in [0.2, 0.25) is 5.02 Å². The number of hydrogen-bond acceptors (Lipinski definition) is 5. The number of aromatic nitrogens is 3. The van der Waals surface area contributed by atoms with Gasteiger partial charge in [0.15, 0.2) is 0 Å². The molecular weight excluding hydrogens is 272 g/mol. The van der Waals surface area contributed by atoms with Gasteiger partial charge in [-0.25, -0.2) is 10.1 Å². The Morgan fingerprint density at radius 3 is 3.00 bits per heavy atom. The predicted octanol–water partition coefficient (Wildman–Crippen LogP) is 2.62. The highest BCUT2D eigenvalue weighted by molar-refractivity contribution is 7.11. The smallest absolute Gasteiger partial charge is 0.285 e. The van der Waals surface area contributed by atoms with Crippen molar-refractivity contribution in [1.29, 1.82) is 0 Å². The lowest BCUT2D eigenvalue weighted by Gasteiger charge is -2.12. The van der Waals surface area contributed by atoms with E-state index in [2.05, 4.69) is 27.4 Å². The molecule has 0 fully saturated rings. The van der Waals surface area contributed by atoms with Gasteiger partial charge in [0.05, 0.1) is 17.9 Å². The van der Waals surface area contributed by atoms with Gasteiger partial charge in [-0.1, -0.05) is 18.5 Å². The fraction of sp³-hybridized carbons (Fsp3) is 0.364. The van der Waals surface area contributed by atoms with Crippen LogP contribution in [-0.2, 0) is 6.42 Å². The summed E-state index contributed by atoms with van der Waals surface area (Å²) in [5.41, 5.74) is 0.114. The summed E-state index contributed by atoms with van der Waals surface area (Å²) < 4.78 is 0. The van der Waals surface area contributed by atoms with E-state index in [9.17, 15) is 4.79 Å². The number of nitrogens with zero attached hydrogens (tertiary/aromatic N) is 2. The Balaban J connectivity index is 2.18. The van der Waals surface area contributed by atoms with Crippen LogP contribution in [0.3, 0.4) is 0 Å². The van der Waals surface area contributed by atoms with Gasteiger partial charge in [0.2, 0.25) is 0 Å². The molecule has 1 atom stereocenters. The zero-order valence-electron chi connectivity index (χ0n) is 10.0. The van der Waals surface area contributed by atoms with Crippen LogP contribution in [0, 0.1) is 0 Å². The molecule has 7 heteroatoms. The van der Waals surface area contributed by atoms with Gasteiger partial charge in [0.25, 0.3) is 5.56 Å². The molecule has 0 saturated carbocycles. The van der Waals surface area contributed by atoms with E-state index in [1.54, 1.807) is 11.3 Å². The number of H-pyrrole nitrogens is 1. The molecule has 2 rings (SSSR count). The van der Waals surface area contributed by atoms with Crippen molar-refractivity contribution < 1.29 is 0 Å². The number of aromatic amines is 1. The SMILES string of the molecule is CCc1cnc(C(C)Nc2cn[nH]c(=O)c2Cl)s1. The lowest BCUT2D eigenvalue weighted by Crippen LogP contribution is -2.14. The van der Waals surface area contributed by atoms with E-state index >= 15 is 0 Å². The van der Waals surface area contributed by atoms with Gasteiger partial charge in [-0.2, -0.15) is 5.10 Å². The predicted molar refractivity (Wildman–Crippen MR) is 73.4 cm³/mol. The van der Waals surface area contributed by atoms with Crippen LogP contribution in [-0.4, -0.2) is 15.2 Å². The minimum atomic E-state index is -0.401. The minimum Gasteiger partial charge on any atom is -0.373 e. The molecule has 0 aliphatic heterocycles. The lowest BCUT2D eigenvalue weighted by molar-refractivity contribution is 0.861. The van der Waals surface area contributed by atoms with Crippen molar-refractivity contribution in [3.05, 3.63) is 37.7 Å². The maximum Gasteiger partial charge on any atom is 0.285 e. The first-order valence-electron chi connectivity index (χ1n) is 5.56. The first-order valence-corrected chi connectivity index (χ1v) is 6.75. The Labute approximate surface area is 113 Å². The van der Waals surface area contributed by atoms with Crippen LogP contribution in [0.1, 0.15) is 29.8 Å². The van der Waals surface area contributed by atoms with Gasteiger partial charge in [0.1, 0.15) is 10.0 Å². The highest BCUT2D eigenvalue weighted by Gasteiger charge is 2.13. The van der Waals surface area contributed by atoms with Crippen LogP contribution in [0.15, 0.2) is 17.2 Å². The molecule has 1 unspecified atom stereocenters. The van der Waals surface area contributed by atoms with Crippen LogP contribution in [0.4, 0.5) is 5.69 Å². The van der Waals surface area contributed by atoms with Crippen molar-refractivity contribution in [2.24, 2.45) is 0 Å². The summed E-state index contributed by atoms with van der Waals surface area (Å²) in [6.45, 7) is 4.06. The molecule has 0 aliphatic rings. The van der Waals surface area contributed by atoms with Gasteiger partial charge in [0, 0.05) is 11.1 Å². The Kier molecular flexibility index (Phi) is 3.98. The number of nitrogens with one attached hydrogen (secondary N) is 2. The average Bonchev–Trinajstić information content (AvgIpc) is 2.83. The second kappa shape index (κ2) is 5.49. The van der Waals surface area contributed by atoms with Gasteiger partial charge < -0.3 is 5.32 Å². The zero-order chi connectivity index (χ0) is 13.1. The fourth-order valence-electron chi connectivity index (χ4n) is 1.47. The minimum absolute atomic E-state index is 0.0172. The molecule has 96 valence electrons. The highest BCUT2D eigenvalue weighted by atomic mass is 35.5. The van der Waals surface area contributed by atoms with Crippen LogP contribution in [0.25, 0.3) is 0 Å². The van der Waals surface area contributed by atoms with Gasteiger partial charge >= 0.3 is 0 Å². The lowest BCUT2D eigenvalue weighted by atomic mass is 10.3. The fourth-order valence-corrected chi connectivity index (χ4v) is 2.47. The van der Waals surface area contributed by atoms with Crippen molar-refractivity contribution >= 4 is 28.6 Å². The van der Waals surface area contributed by atoms with Crippen LogP contribution in [0.5, 0.6) is 0 Å². The van der Waals surface area contributed by atoms with Crippen molar-refractivity contribution in [2.45, 2.75) is 26.3 Å². The molecule has 0 aromatic carbocycles. The zero-order valence-corrected chi connectivity index (χ0v) is 11.6. The maximum atomic E-state index is 11.3. The van der Waals surface area contributed by atoms with Crippen LogP contribution < -0.4 is 10.9 Å².